The highest BCUT2D eigenvalue weighted by atomic mass is 32.1. The summed E-state index contributed by atoms with van der Waals surface area (Å²) in [5, 5.41) is 25.2. The number of urea groups is 2. The quantitative estimate of drug-likeness (QED) is 0.0187. The number of likely N-dealkylation sites (tertiary alicyclic amines) is 4. The highest BCUT2D eigenvalue weighted by Crippen LogP contribution is 2.47. The van der Waals surface area contributed by atoms with Gasteiger partial charge in [0.1, 0.15) is 70.9 Å². The number of rotatable bonds is 31. The number of aromatic nitrogens is 2. The molecular formula is C94H110N16O14S2. The zero-order chi connectivity index (χ0) is 88.7. The number of hydrogen-bond acceptors (Lipinski definition) is 18. The fourth-order valence-electron chi connectivity index (χ4n) is 17.8. The number of unbranched alkanes of at least 4 members (excludes halogenated alkanes) is 1. The molecule has 30 nitrogen and oxygen atoms in total. The second-order valence-corrected chi connectivity index (χ2v) is 35.1. The van der Waals surface area contributed by atoms with E-state index in [1.54, 1.807) is 23.6 Å². The number of benzene rings is 6. The van der Waals surface area contributed by atoms with E-state index in [-0.39, 0.29) is 114 Å². The molecule has 0 saturated carbocycles. The molecule has 0 unspecified atom stereocenters. The lowest BCUT2D eigenvalue weighted by Gasteiger charge is -2.38. The Balaban J connectivity index is 0.585. The summed E-state index contributed by atoms with van der Waals surface area (Å²) < 4.78 is 11.9. The Hall–Kier alpha value is -12.6. The SMILES string of the molecule is CCCC(=O)Nc1nc(-c2ccccc2)c(NC(=O)[C@@H]2CCCN2C(=O)[C@@H](NC(=O)[C@H](C)N(C)C(=O)OCC2c3ccccc3-c3ccccc32)C2CCN(C(=O)NCCCCNC(=O)N3CCC([C@H](NC(=O)[C@H](C)N(C)C(=O)OCC4c5ccccc5-c5ccccc54)C(=O)N4CCC[C@H]4C(=O)Nc4sc(NC(=O)CCC)nc4-c4ccccc4)CC3)CC2)s1. The van der Waals surface area contributed by atoms with E-state index in [1.807, 2.05) is 172 Å². The second-order valence-electron chi connectivity index (χ2n) is 33.1. The molecule has 32 heteroatoms. The summed E-state index contributed by atoms with van der Waals surface area (Å²) in [5.74, 6) is -5.08. The smallest absolute Gasteiger partial charge is 0.410 e. The predicted octanol–water partition coefficient (Wildman–Crippen LogP) is 13.1. The summed E-state index contributed by atoms with van der Waals surface area (Å²) in [7, 11) is 2.94. The van der Waals surface area contributed by atoms with E-state index < -0.39 is 95.7 Å². The van der Waals surface area contributed by atoms with Crippen molar-refractivity contribution >= 4 is 114 Å². The van der Waals surface area contributed by atoms with E-state index in [2.05, 4.69) is 42.5 Å². The van der Waals surface area contributed by atoms with Gasteiger partial charge < -0.3 is 71.6 Å². The minimum absolute atomic E-state index is 0.0201. The predicted molar refractivity (Wildman–Crippen MR) is 482 cm³/mol. The van der Waals surface area contributed by atoms with Gasteiger partial charge in [-0.15, -0.1) is 0 Å². The van der Waals surface area contributed by atoms with Crippen LogP contribution in [0.15, 0.2) is 158 Å². The first kappa shape index (κ1) is 89.7. The lowest BCUT2D eigenvalue weighted by atomic mass is 9.88. The molecule has 14 rings (SSSR count). The maximum absolute atomic E-state index is 15.4. The Kier molecular flexibility index (Phi) is 29.5. The number of carbonyl (C=O) groups excluding carboxylic acids is 12. The largest absolute Gasteiger partial charge is 0.448 e. The first-order valence-corrected chi connectivity index (χ1v) is 45.5. The number of nitrogens with zero attached hydrogens (tertiary/aromatic N) is 8. The molecule has 662 valence electrons. The Morgan fingerprint density at radius 1 is 0.437 bits per heavy atom. The van der Waals surface area contributed by atoms with Gasteiger partial charge in [-0.3, -0.25) is 48.2 Å². The number of carbonyl (C=O) groups is 12. The zero-order valence-corrected chi connectivity index (χ0v) is 73.5. The van der Waals surface area contributed by atoms with Gasteiger partial charge >= 0.3 is 24.2 Å². The van der Waals surface area contributed by atoms with Gasteiger partial charge in [0.15, 0.2) is 10.3 Å². The van der Waals surface area contributed by atoms with Crippen LogP contribution in [0, 0.1) is 11.8 Å². The number of likely N-dealkylation sites (N-methyl/N-ethyl adjacent to an activating group) is 2. The third-order valence-electron chi connectivity index (χ3n) is 25.0. The normalized spacial score (nSPS) is 17.1. The third-order valence-corrected chi connectivity index (χ3v) is 26.8. The first-order valence-electron chi connectivity index (χ1n) is 43.8. The Labute approximate surface area is 741 Å². The van der Waals surface area contributed by atoms with Gasteiger partial charge in [0.05, 0.1) is 0 Å². The van der Waals surface area contributed by atoms with Gasteiger partial charge in [-0.25, -0.2) is 29.1 Å². The van der Waals surface area contributed by atoms with Crippen LogP contribution in [-0.4, -0.2) is 227 Å². The lowest BCUT2D eigenvalue weighted by Crippen LogP contribution is -2.59. The van der Waals surface area contributed by atoms with Crippen LogP contribution < -0.4 is 42.5 Å². The summed E-state index contributed by atoms with van der Waals surface area (Å²) in [6.45, 7) is 8.79. The second kappa shape index (κ2) is 41.5. The molecule has 6 heterocycles. The van der Waals surface area contributed by atoms with Crippen molar-refractivity contribution in [1.29, 1.82) is 0 Å². The van der Waals surface area contributed by atoms with Crippen molar-refractivity contribution in [3.8, 4) is 44.8 Å². The molecule has 126 heavy (non-hydrogen) atoms. The van der Waals surface area contributed by atoms with Crippen molar-refractivity contribution in [2.45, 2.75) is 166 Å². The molecule has 4 aliphatic heterocycles. The molecule has 6 aliphatic rings. The average Bonchev–Trinajstić information content (AvgIpc) is 1.62. The number of thiazole rings is 2. The number of amides is 14. The number of nitrogens with one attached hydrogen (secondary N) is 8. The highest BCUT2D eigenvalue weighted by Gasteiger charge is 2.46. The fourth-order valence-corrected chi connectivity index (χ4v) is 19.6. The van der Waals surface area contributed by atoms with E-state index in [0.717, 1.165) is 67.2 Å². The topological polar surface area (TPSA) is 365 Å². The van der Waals surface area contributed by atoms with Crippen LogP contribution >= 0.6 is 22.7 Å². The molecule has 8 N–H and O–H groups in total. The minimum Gasteiger partial charge on any atom is -0.448 e. The van der Waals surface area contributed by atoms with Crippen LogP contribution in [0.2, 0.25) is 0 Å². The van der Waals surface area contributed by atoms with Crippen LogP contribution in [0.3, 0.4) is 0 Å². The van der Waals surface area contributed by atoms with Crippen molar-refractivity contribution in [2.75, 3.05) is 101 Å². The number of piperidine rings is 2. The monoisotopic (exact) mass is 1750 g/mol. The summed E-state index contributed by atoms with van der Waals surface area (Å²) in [4.78, 5) is 189. The molecule has 0 bridgehead atoms. The van der Waals surface area contributed by atoms with Crippen molar-refractivity contribution in [1.82, 2.24) is 60.6 Å². The van der Waals surface area contributed by atoms with Gasteiger partial charge in [-0.2, -0.15) is 0 Å². The van der Waals surface area contributed by atoms with E-state index in [4.69, 9.17) is 19.4 Å². The van der Waals surface area contributed by atoms with Gasteiger partial charge in [-0.05, 0) is 147 Å². The molecule has 6 atom stereocenters. The molecule has 2 aromatic heterocycles. The molecule has 4 fully saturated rings. The van der Waals surface area contributed by atoms with E-state index >= 15 is 9.59 Å². The number of fused-ring (bicyclic) bond motifs is 6. The van der Waals surface area contributed by atoms with Crippen molar-refractivity contribution in [2.24, 2.45) is 11.8 Å². The van der Waals surface area contributed by atoms with Crippen LogP contribution in [-0.2, 0) is 47.8 Å². The third kappa shape index (κ3) is 20.7. The van der Waals surface area contributed by atoms with Gasteiger partial charge in [-0.1, -0.05) is 194 Å². The van der Waals surface area contributed by atoms with Crippen molar-refractivity contribution in [3.05, 3.63) is 180 Å². The molecule has 0 radical (unpaired) electrons. The molecule has 4 saturated heterocycles. The Bertz CT molecular complexity index is 4890. The van der Waals surface area contributed by atoms with E-state index in [1.165, 1.54) is 33.7 Å². The van der Waals surface area contributed by atoms with Crippen LogP contribution in [0.1, 0.15) is 152 Å². The Morgan fingerprint density at radius 3 is 1.11 bits per heavy atom. The fraction of sp³-hybridized carbons (Fsp3) is 0.426. The summed E-state index contributed by atoms with van der Waals surface area (Å²) in [6.07, 6.45) is 4.12. The van der Waals surface area contributed by atoms with Crippen molar-refractivity contribution in [3.63, 3.8) is 0 Å². The van der Waals surface area contributed by atoms with Crippen molar-refractivity contribution < 1.29 is 67.0 Å². The number of anilines is 4. The van der Waals surface area contributed by atoms with Crippen LogP contribution in [0.25, 0.3) is 44.8 Å². The summed E-state index contributed by atoms with van der Waals surface area (Å²) in [5.41, 5.74) is 10.6. The van der Waals surface area contributed by atoms with Gasteiger partial charge in [0, 0.05) is 102 Å². The maximum Gasteiger partial charge on any atom is 0.410 e. The maximum atomic E-state index is 15.4. The number of hydrogen-bond donors (Lipinski definition) is 8. The summed E-state index contributed by atoms with van der Waals surface area (Å²) >= 11 is 2.22. The van der Waals surface area contributed by atoms with E-state index in [0.29, 0.717) is 120 Å². The molecule has 0 spiro atoms. The summed E-state index contributed by atoms with van der Waals surface area (Å²) in [6, 6.07) is 43.2. The standard InChI is InChI=1S/C94H110N16O14S2/c1-7-27-75(111)97-89-101-77(59-29-11-9-12-30-59)85(125-89)103-83(115)73-41-25-49-109(73)87(117)79(99-81(113)57(3)105(5)93(121)123-55-71-67-37-19-15-33-63(67)64-34-16-20-38-68(64)71)61-43-51-107(52-44-61)91(119)95-47-23-24-48-96-92(120)108-53-45-62(46-54-108)80(100-82(114)58(4)106(6)94(122)124-56-72-69-39-21-17-35-65(69)66-36-18-22-40-70(66)72)88(118)110-50-26-42-74(110)84(116)104-86-78(60-31-13-10-14-32-60)102-90(126-86)98-76(112)28-8-2/h9-22,29-40,57-58,61-62,71-74,79-80H,7-8,23-28,41-56H2,1-6H3,(H,95,119)(H,96,120)(H,99,113)(H,100,114)(H,103,115)(H,104,116)(H,97,101,111)(H,98,102,112)/t57-,58-,73-,74-,79-,80-/m0/s1. The van der Waals surface area contributed by atoms with E-state index in [9.17, 15) is 47.9 Å². The van der Waals surface area contributed by atoms with Crippen LogP contribution in [0.4, 0.5) is 39.4 Å². The molecule has 8 aromatic rings. The lowest BCUT2D eigenvalue weighted by molar-refractivity contribution is -0.142. The molecule has 2 aliphatic carbocycles. The first-order chi connectivity index (χ1) is 61.0. The molecular weight excluding hydrogens is 1640 g/mol. The Morgan fingerprint density at radius 2 is 0.770 bits per heavy atom. The average molecular weight is 1750 g/mol. The molecule has 6 aromatic carbocycles. The number of ether oxygens (including phenoxy) is 2. The van der Waals surface area contributed by atoms with Gasteiger partial charge in [0.2, 0.25) is 47.3 Å². The minimum atomic E-state index is -1.17. The zero-order valence-electron chi connectivity index (χ0n) is 71.9. The highest BCUT2D eigenvalue weighted by molar-refractivity contribution is 7.20. The van der Waals surface area contributed by atoms with Crippen LogP contribution in [0.5, 0.6) is 0 Å². The molecule has 14 amide bonds. The van der Waals surface area contributed by atoms with Gasteiger partial charge in [0.25, 0.3) is 0 Å².